The predicted molar refractivity (Wildman–Crippen MR) is 78.1 cm³/mol. The minimum absolute atomic E-state index is 0.139. The summed E-state index contributed by atoms with van der Waals surface area (Å²) >= 11 is 0. The van der Waals surface area contributed by atoms with Crippen molar-refractivity contribution >= 4 is 11.7 Å². The highest BCUT2D eigenvalue weighted by Gasteiger charge is 2.36. The van der Waals surface area contributed by atoms with Crippen LogP contribution in [0.4, 0.5) is 5.69 Å². The fourth-order valence-electron chi connectivity index (χ4n) is 2.70. The van der Waals surface area contributed by atoms with E-state index in [0.717, 1.165) is 5.56 Å². The Hall–Kier alpha value is -1.95. The lowest BCUT2D eigenvalue weighted by molar-refractivity contribution is -0.385. The quantitative estimate of drug-likeness (QED) is 0.681. The number of piperidine rings is 1. The van der Waals surface area contributed by atoms with Crippen molar-refractivity contribution in [2.24, 2.45) is 5.41 Å². The number of nitro groups is 1. The number of carbonyl (C=O) groups is 1. The highest BCUT2D eigenvalue weighted by molar-refractivity contribution is 5.74. The molecule has 0 unspecified atom stereocenters. The summed E-state index contributed by atoms with van der Waals surface area (Å²) in [6, 6.07) is 5.11. The van der Waals surface area contributed by atoms with Crippen LogP contribution in [-0.4, -0.2) is 34.0 Å². The molecule has 0 amide bonds. The van der Waals surface area contributed by atoms with Crippen LogP contribution < -0.4 is 0 Å². The summed E-state index contributed by atoms with van der Waals surface area (Å²) in [6.45, 7) is 5.57. The van der Waals surface area contributed by atoms with Gasteiger partial charge < -0.3 is 5.11 Å². The van der Waals surface area contributed by atoms with E-state index in [4.69, 9.17) is 0 Å². The van der Waals surface area contributed by atoms with Gasteiger partial charge in [-0.25, -0.2) is 0 Å². The zero-order chi connectivity index (χ0) is 15.6. The van der Waals surface area contributed by atoms with E-state index in [-0.39, 0.29) is 10.6 Å². The number of benzene rings is 1. The van der Waals surface area contributed by atoms with Crippen molar-refractivity contribution in [2.45, 2.75) is 33.2 Å². The first-order chi connectivity index (χ1) is 9.83. The number of nitrogens with zero attached hydrogens (tertiary/aromatic N) is 2. The molecule has 1 saturated heterocycles. The molecule has 0 bridgehead atoms. The molecular weight excluding hydrogens is 272 g/mol. The number of hydrogen-bond acceptors (Lipinski definition) is 4. The van der Waals surface area contributed by atoms with Crippen LogP contribution in [-0.2, 0) is 11.3 Å². The average Bonchev–Trinajstić information content (AvgIpc) is 2.43. The van der Waals surface area contributed by atoms with E-state index in [1.807, 2.05) is 6.07 Å². The third-order valence-electron chi connectivity index (χ3n) is 4.48. The second kappa shape index (κ2) is 5.81. The molecule has 1 aromatic carbocycles. The molecule has 1 N–H and O–H groups in total. The van der Waals surface area contributed by atoms with Crippen LogP contribution in [0.1, 0.15) is 30.9 Å². The SMILES string of the molecule is Cc1c(CN2CCC(C)(C(=O)O)CC2)cccc1[N+](=O)[O-]. The highest BCUT2D eigenvalue weighted by atomic mass is 16.6. The molecule has 1 aliphatic heterocycles. The van der Waals surface area contributed by atoms with Crippen LogP contribution in [0, 0.1) is 22.5 Å². The van der Waals surface area contributed by atoms with Gasteiger partial charge >= 0.3 is 5.97 Å². The molecular formula is C15H20N2O4. The Morgan fingerprint density at radius 2 is 2.05 bits per heavy atom. The van der Waals surface area contributed by atoms with Gasteiger partial charge in [0.15, 0.2) is 0 Å². The van der Waals surface area contributed by atoms with E-state index in [0.29, 0.717) is 38.0 Å². The molecule has 0 aromatic heterocycles. The van der Waals surface area contributed by atoms with Crippen LogP contribution >= 0.6 is 0 Å². The molecule has 0 aliphatic carbocycles. The first kappa shape index (κ1) is 15.4. The summed E-state index contributed by atoms with van der Waals surface area (Å²) < 4.78 is 0. The smallest absolute Gasteiger partial charge is 0.309 e. The predicted octanol–water partition coefficient (Wildman–Crippen LogP) is 2.59. The van der Waals surface area contributed by atoms with E-state index < -0.39 is 11.4 Å². The molecule has 0 atom stereocenters. The number of carboxylic acids is 1. The summed E-state index contributed by atoms with van der Waals surface area (Å²) in [5.41, 5.74) is 1.12. The van der Waals surface area contributed by atoms with Gasteiger partial charge in [-0.05, 0) is 45.3 Å². The molecule has 1 heterocycles. The zero-order valence-electron chi connectivity index (χ0n) is 12.3. The van der Waals surface area contributed by atoms with Gasteiger partial charge in [0, 0.05) is 18.2 Å². The highest BCUT2D eigenvalue weighted by Crippen LogP contribution is 2.32. The van der Waals surface area contributed by atoms with Crippen molar-refractivity contribution in [3.05, 3.63) is 39.4 Å². The van der Waals surface area contributed by atoms with E-state index in [1.54, 1.807) is 19.9 Å². The summed E-state index contributed by atoms with van der Waals surface area (Å²) in [7, 11) is 0. The van der Waals surface area contributed by atoms with Crippen molar-refractivity contribution < 1.29 is 14.8 Å². The van der Waals surface area contributed by atoms with Crippen molar-refractivity contribution in [3.8, 4) is 0 Å². The number of aliphatic carboxylic acids is 1. The first-order valence-electron chi connectivity index (χ1n) is 7.02. The Balaban J connectivity index is 2.06. The van der Waals surface area contributed by atoms with Gasteiger partial charge in [-0.3, -0.25) is 19.8 Å². The molecule has 1 aromatic rings. The monoisotopic (exact) mass is 292 g/mol. The third-order valence-corrected chi connectivity index (χ3v) is 4.48. The van der Waals surface area contributed by atoms with Crippen LogP contribution in [0.3, 0.4) is 0 Å². The second-order valence-corrected chi connectivity index (χ2v) is 5.96. The third kappa shape index (κ3) is 3.21. The molecule has 6 heteroatoms. The van der Waals surface area contributed by atoms with E-state index in [9.17, 15) is 20.0 Å². The van der Waals surface area contributed by atoms with Crippen molar-refractivity contribution in [1.29, 1.82) is 0 Å². The molecule has 1 fully saturated rings. The lowest BCUT2D eigenvalue weighted by Gasteiger charge is -2.36. The number of nitro benzene ring substituents is 1. The number of rotatable bonds is 4. The van der Waals surface area contributed by atoms with Gasteiger partial charge in [-0.15, -0.1) is 0 Å². The summed E-state index contributed by atoms with van der Waals surface area (Å²) in [6.07, 6.45) is 1.21. The number of likely N-dealkylation sites (tertiary alicyclic amines) is 1. The topological polar surface area (TPSA) is 83.7 Å². The molecule has 6 nitrogen and oxygen atoms in total. The lowest BCUT2D eigenvalue weighted by atomic mass is 9.80. The molecule has 21 heavy (non-hydrogen) atoms. The minimum Gasteiger partial charge on any atom is -0.481 e. The van der Waals surface area contributed by atoms with Gasteiger partial charge in [0.2, 0.25) is 0 Å². The Morgan fingerprint density at radius 1 is 1.43 bits per heavy atom. The molecule has 114 valence electrons. The molecule has 0 radical (unpaired) electrons. The second-order valence-electron chi connectivity index (χ2n) is 5.96. The summed E-state index contributed by atoms with van der Waals surface area (Å²) in [4.78, 5) is 24.0. The standard InChI is InChI=1S/C15H20N2O4/c1-11-12(4-3-5-13(11)17(20)21)10-16-8-6-15(2,7-9-16)14(18)19/h3-5H,6-10H2,1-2H3,(H,18,19). The Labute approximate surface area is 123 Å². The zero-order valence-corrected chi connectivity index (χ0v) is 12.3. The average molecular weight is 292 g/mol. The largest absolute Gasteiger partial charge is 0.481 e. The minimum atomic E-state index is -0.742. The maximum absolute atomic E-state index is 11.2. The Kier molecular flexibility index (Phi) is 4.27. The van der Waals surface area contributed by atoms with Crippen molar-refractivity contribution in [1.82, 2.24) is 4.90 Å². The van der Waals surface area contributed by atoms with E-state index >= 15 is 0 Å². The Bertz CT molecular complexity index is 563. The van der Waals surface area contributed by atoms with E-state index in [2.05, 4.69) is 4.90 Å². The van der Waals surface area contributed by atoms with Crippen LogP contribution in [0.2, 0.25) is 0 Å². The maximum Gasteiger partial charge on any atom is 0.309 e. The Morgan fingerprint density at radius 3 is 2.57 bits per heavy atom. The van der Waals surface area contributed by atoms with Gasteiger partial charge in [0.25, 0.3) is 5.69 Å². The van der Waals surface area contributed by atoms with Gasteiger partial charge in [0.05, 0.1) is 10.3 Å². The fourth-order valence-corrected chi connectivity index (χ4v) is 2.70. The van der Waals surface area contributed by atoms with Crippen LogP contribution in [0.25, 0.3) is 0 Å². The van der Waals surface area contributed by atoms with Crippen molar-refractivity contribution in [2.75, 3.05) is 13.1 Å². The van der Waals surface area contributed by atoms with E-state index in [1.165, 1.54) is 6.07 Å². The molecule has 2 rings (SSSR count). The van der Waals surface area contributed by atoms with Gasteiger partial charge in [-0.1, -0.05) is 12.1 Å². The van der Waals surface area contributed by atoms with Crippen LogP contribution in [0.15, 0.2) is 18.2 Å². The fraction of sp³-hybridized carbons (Fsp3) is 0.533. The van der Waals surface area contributed by atoms with Crippen LogP contribution in [0.5, 0.6) is 0 Å². The number of hydrogen-bond donors (Lipinski definition) is 1. The summed E-state index contributed by atoms with van der Waals surface area (Å²) in [5, 5.41) is 20.2. The number of carboxylic acid groups (broad SMARTS) is 1. The van der Waals surface area contributed by atoms with Gasteiger partial charge in [0.1, 0.15) is 0 Å². The normalized spacial score (nSPS) is 18.4. The van der Waals surface area contributed by atoms with Crippen molar-refractivity contribution in [3.63, 3.8) is 0 Å². The molecule has 0 spiro atoms. The molecule has 1 aliphatic rings. The maximum atomic E-state index is 11.2. The lowest BCUT2D eigenvalue weighted by Crippen LogP contribution is -2.42. The first-order valence-corrected chi connectivity index (χ1v) is 7.02. The van der Waals surface area contributed by atoms with Gasteiger partial charge in [-0.2, -0.15) is 0 Å². The summed E-state index contributed by atoms with van der Waals surface area (Å²) in [5.74, 6) is -0.742. The molecule has 0 saturated carbocycles.